The van der Waals surface area contributed by atoms with Crippen molar-refractivity contribution in [2.45, 2.75) is 6.54 Å². The summed E-state index contributed by atoms with van der Waals surface area (Å²) >= 11 is 0. The number of hydrogen-bond acceptors (Lipinski definition) is 4. The highest BCUT2D eigenvalue weighted by atomic mass is 19.1. The molecule has 5 nitrogen and oxygen atoms in total. The summed E-state index contributed by atoms with van der Waals surface area (Å²) in [6.07, 6.45) is 0. The van der Waals surface area contributed by atoms with Crippen molar-refractivity contribution in [3.63, 3.8) is 0 Å². The molecule has 0 saturated heterocycles. The highest BCUT2D eigenvalue weighted by Gasteiger charge is 2.06. The zero-order valence-corrected chi connectivity index (χ0v) is 13.1. The van der Waals surface area contributed by atoms with Crippen molar-refractivity contribution >= 4 is 11.6 Å². The van der Waals surface area contributed by atoms with Crippen LogP contribution < -0.4 is 20.1 Å². The van der Waals surface area contributed by atoms with Gasteiger partial charge >= 0.3 is 0 Å². The molecule has 0 aromatic heterocycles. The fraction of sp³-hybridized carbons (Fsp3) is 0.235. The molecular formula is C17H19FN2O3. The fourth-order valence-corrected chi connectivity index (χ4v) is 2.08. The number of anilines is 1. The Morgan fingerprint density at radius 2 is 1.87 bits per heavy atom. The Balaban J connectivity index is 1.83. The number of amides is 1. The minimum absolute atomic E-state index is 0.116. The van der Waals surface area contributed by atoms with Gasteiger partial charge in [0.2, 0.25) is 5.91 Å². The van der Waals surface area contributed by atoms with Gasteiger partial charge in [0.05, 0.1) is 20.8 Å². The molecule has 0 atom stereocenters. The van der Waals surface area contributed by atoms with E-state index in [1.807, 2.05) is 18.2 Å². The second kappa shape index (κ2) is 8.14. The van der Waals surface area contributed by atoms with Gasteiger partial charge in [-0.2, -0.15) is 0 Å². The molecule has 2 rings (SSSR count). The minimum atomic E-state index is -0.388. The monoisotopic (exact) mass is 318 g/mol. The lowest BCUT2D eigenvalue weighted by atomic mass is 10.2. The first-order valence-electron chi connectivity index (χ1n) is 7.09. The normalized spacial score (nSPS) is 10.2. The summed E-state index contributed by atoms with van der Waals surface area (Å²) in [5.74, 6) is 0.660. The van der Waals surface area contributed by atoms with Crippen LogP contribution in [0.5, 0.6) is 11.5 Å². The molecule has 0 saturated carbocycles. The molecule has 2 N–H and O–H groups in total. The molecule has 0 unspecified atom stereocenters. The third-order valence-corrected chi connectivity index (χ3v) is 3.17. The Labute approximate surface area is 134 Å². The maximum atomic E-state index is 13.0. The van der Waals surface area contributed by atoms with E-state index in [4.69, 9.17) is 9.47 Å². The fourth-order valence-electron chi connectivity index (χ4n) is 2.08. The Hall–Kier alpha value is -2.60. The molecule has 0 radical (unpaired) electrons. The van der Waals surface area contributed by atoms with E-state index in [1.165, 1.54) is 12.1 Å². The van der Waals surface area contributed by atoms with Crippen molar-refractivity contribution in [2.24, 2.45) is 0 Å². The van der Waals surface area contributed by atoms with E-state index in [0.717, 1.165) is 5.56 Å². The molecule has 0 aliphatic heterocycles. The first-order valence-corrected chi connectivity index (χ1v) is 7.09. The van der Waals surface area contributed by atoms with Crippen LogP contribution >= 0.6 is 0 Å². The van der Waals surface area contributed by atoms with Gasteiger partial charge in [-0.15, -0.1) is 0 Å². The molecule has 2 aromatic rings. The molecule has 0 aliphatic carbocycles. The minimum Gasteiger partial charge on any atom is -0.493 e. The smallest absolute Gasteiger partial charge is 0.238 e. The molecule has 0 fully saturated rings. The van der Waals surface area contributed by atoms with E-state index in [1.54, 1.807) is 26.4 Å². The van der Waals surface area contributed by atoms with Crippen LogP contribution in [0.25, 0.3) is 0 Å². The van der Waals surface area contributed by atoms with E-state index in [-0.39, 0.29) is 18.3 Å². The highest BCUT2D eigenvalue weighted by molar-refractivity contribution is 5.92. The van der Waals surface area contributed by atoms with E-state index >= 15 is 0 Å². The van der Waals surface area contributed by atoms with Crippen LogP contribution in [0.4, 0.5) is 10.1 Å². The summed E-state index contributed by atoms with van der Waals surface area (Å²) in [5, 5.41) is 5.65. The van der Waals surface area contributed by atoms with Gasteiger partial charge in [-0.3, -0.25) is 4.79 Å². The number of methoxy groups -OCH3 is 2. The van der Waals surface area contributed by atoms with Crippen molar-refractivity contribution in [1.29, 1.82) is 0 Å². The van der Waals surface area contributed by atoms with Crippen molar-refractivity contribution in [3.05, 3.63) is 53.8 Å². The number of nitrogens with one attached hydrogen (secondary N) is 2. The average molecular weight is 318 g/mol. The standard InChI is InChI=1S/C17H19FN2O3/c1-22-15-7-6-12(8-16(15)23-2)10-19-11-17(21)20-14-5-3-4-13(18)9-14/h3-9,19H,10-11H2,1-2H3,(H,20,21). The Morgan fingerprint density at radius 1 is 1.09 bits per heavy atom. The summed E-state index contributed by atoms with van der Waals surface area (Å²) in [5.41, 5.74) is 1.39. The van der Waals surface area contributed by atoms with Crippen LogP contribution in [0.1, 0.15) is 5.56 Å². The number of carbonyl (C=O) groups is 1. The van der Waals surface area contributed by atoms with E-state index in [0.29, 0.717) is 23.7 Å². The summed E-state index contributed by atoms with van der Waals surface area (Å²) in [4.78, 5) is 11.8. The topological polar surface area (TPSA) is 59.6 Å². The van der Waals surface area contributed by atoms with Crippen molar-refractivity contribution in [3.8, 4) is 11.5 Å². The van der Waals surface area contributed by atoms with Crippen LogP contribution in [0.15, 0.2) is 42.5 Å². The molecule has 2 aromatic carbocycles. The van der Waals surface area contributed by atoms with Gasteiger partial charge in [-0.25, -0.2) is 4.39 Å². The molecule has 0 aliphatic rings. The quantitative estimate of drug-likeness (QED) is 0.824. The Morgan fingerprint density at radius 3 is 2.57 bits per heavy atom. The van der Waals surface area contributed by atoms with Crippen molar-refractivity contribution < 1.29 is 18.7 Å². The first kappa shape index (κ1) is 16.8. The molecule has 6 heteroatoms. The Kier molecular flexibility index (Phi) is 5.94. The summed E-state index contributed by atoms with van der Waals surface area (Å²) in [6.45, 7) is 0.613. The maximum Gasteiger partial charge on any atom is 0.238 e. The largest absolute Gasteiger partial charge is 0.493 e. The molecule has 122 valence electrons. The van der Waals surface area contributed by atoms with Gasteiger partial charge in [0, 0.05) is 12.2 Å². The predicted octanol–water partition coefficient (Wildman–Crippen LogP) is 2.57. The maximum absolute atomic E-state index is 13.0. The lowest BCUT2D eigenvalue weighted by Gasteiger charge is -2.10. The zero-order valence-electron chi connectivity index (χ0n) is 13.1. The average Bonchev–Trinajstić information content (AvgIpc) is 2.54. The van der Waals surface area contributed by atoms with Crippen LogP contribution in [0.3, 0.4) is 0 Å². The number of halogens is 1. The molecular weight excluding hydrogens is 299 g/mol. The number of ether oxygens (including phenoxy) is 2. The Bertz CT molecular complexity index is 677. The van der Waals surface area contributed by atoms with Gasteiger partial charge < -0.3 is 20.1 Å². The number of hydrogen-bond donors (Lipinski definition) is 2. The second-order valence-corrected chi connectivity index (χ2v) is 4.85. The molecule has 0 bridgehead atoms. The first-order chi connectivity index (χ1) is 11.1. The zero-order chi connectivity index (χ0) is 16.7. The van der Waals surface area contributed by atoms with Crippen molar-refractivity contribution in [2.75, 3.05) is 26.1 Å². The number of benzene rings is 2. The lowest BCUT2D eigenvalue weighted by Crippen LogP contribution is -2.27. The second-order valence-electron chi connectivity index (χ2n) is 4.85. The third-order valence-electron chi connectivity index (χ3n) is 3.17. The van der Waals surface area contributed by atoms with Crippen molar-refractivity contribution in [1.82, 2.24) is 5.32 Å². The van der Waals surface area contributed by atoms with E-state index < -0.39 is 0 Å². The van der Waals surface area contributed by atoms with Gasteiger partial charge in [0.1, 0.15) is 5.82 Å². The van der Waals surface area contributed by atoms with Gasteiger partial charge in [-0.1, -0.05) is 12.1 Å². The summed E-state index contributed by atoms with van der Waals surface area (Å²) < 4.78 is 23.4. The molecule has 23 heavy (non-hydrogen) atoms. The van der Waals surface area contributed by atoms with Crippen LogP contribution in [0, 0.1) is 5.82 Å². The SMILES string of the molecule is COc1ccc(CNCC(=O)Nc2cccc(F)c2)cc1OC. The predicted molar refractivity (Wildman–Crippen MR) is 86.3 cm³/mol. The lowest BCUT2D eigenvalue weighted by molar-refractivity contribution is -0.115. The number of carbonyl (C=O) groups excluding carboxylic acids is 1. The molecule has 0 heterocycles. The van der Waals surface area contributed by atoms with Crippen LogP contribution in [0.2, 0.25) is 0 Å². The van der Waals surface area contributed by atoms with Gasteiger partial charge in [-0.05, 0) is 35.9 Å². The van der Waals surface area contributed by atoms with Gasteiger partial charge in [0.15, 0.2) is 11.5 Å². The van der Waals surface area contributed by atoms with E-state index in [2.05, 4.69) is 10.6 Å². The highest BCUT2D eigenvalue weighted by Crippen LogP contribution is 2.27. The van der Waals surface area contributed by atoms with Crippen LogP contribution in [-0.2, 0) is 11.3 Å². The third kappa shape index (κ3) is 4.96. The summed E-state index contributed by atoms with van der Waals surface area (Å²) in [7, 11) is 3.15. The van der Waals surface area contributed by atoms with Gasteiger partial charge in [0.25, 0.3) is 0 Å². The van der Waals surface area contributed by atoms with Crippen LogP contribution in [-0.4, -0.2) is 26.7 Å². The summed E-state index contributed by atoms with van der Waals surface area (Å²) in [6, 6.07) is 11.3. The molecule has 1 amide bonds. The molecule has 0 spiro atoms. The number of rotatable bonds is 7. The van der Waals surface area contributed by atoms with E-state index in [9.17, 15) is 9.18 Å².